The van der Waals surface area contributed by atoms with Crippen LogP contribution in [0.4, 0.5) is 0 Å². The maximum Gasteiger partial charge on any atom is 0.305 e. The van der Waals surface area contributed by atoms with Crippen LogP contribution in [0.2, 0.25) is 0 Å². The average Bonchev–Trinajstić information content (AvgIpc) is 2.52. The second kappa shape index (κ2) is 13.6. The minimum absolute atomic E-state index is 0. The van der Waals surface area contributed by atoms with Crippen molar-refractivity contribution in [2.24, 2.45) is 5.73 Å². The first kappa shape index (κ1) is 20.9. The fraction of sp³-hybridized carbons (Fsp3) is 0.611. The number of halogens is 1. The number of hydrogen-bond acceptors (Lipinski definition) is 3. The molecule has 1 atom stereocenters. The number of unbranched alkanes of at least 4 members (excludes halogenated alkanes) is 5. The normalized spacial score (nSPS) is 11.5. The average molecular weight is 328 g/mol. The topological polar surface area (TPSA) is 52.3 Å². The highest BCUT2D eigenvalue weighted by Gasteiger charge is 2.09. The highest BCUT2D eigenvalue weighted by atomic mass is 35.5. The molecule has 22 heavy (non-hydrogen) atoms. The van der Waals surface area contributed by atoms with Crippen molar-refractivity contribution < 1.29 is 9.53 Å². The lowest BCUT2D eigenvalue weighted by atomic mass is 10.0. The predicted molar refractivity (Wildman–Crippen MR) is 94.2 cm³/mol. The van der Waals surface area contributed by atoms with Crippen LogP contribution in [-0.2, 0) is 9.53 Å². The lowest BCUT2D eigenvalue weighted by Crippen LogP contribution is -2.14. The number of ether oxygens (including phenoxy) is 1. The van der Waals surface area contributed by atoms with E-state index in [0.29, 0.717) is 19.4 Å². The third-order valence-corrected chi connectivity index (χ3v) is 3.65. The molecule has 0 heterocycles. The second-order valence-electron chi connectivity index (χ2n) is 5.54. The Morgan fingerprint density at radius 3 is 2.41 bits per heavy atom. The van der Waals surface area contributed by atoms with Gasteiger partial charge >= 0.3 is 5.97 Å². The van der Waals surface area contributed by atoms with Crippen molar-refractivity contribution in [1.82, 2.24) is 0 Å². The predicted octanol–water partition coefficient (Wildman–Crippen LogP) is 4.79. The quantitative estimate of drug-likeness (QED) is 0.469. The number of benzene rings is 1. The van der Waals surface area contributed by atoms with Crippen LogP contribution in [0.25, 0.3) is 0 Å². The fourth-order valence-electron chi connectivity index (χ4n) is 2.28. The third kappa shape index (κ3) is 9.80. The molecule has 4 heteroatoms. The van der Waals surface area contributed by atoms with Gasteiger partial charge in [-0.3, -0.25) is 4.79 Å². The summed E-state index contributed by atoms with van der Waals surface area (Å²) in [6.07, 6.45) is 8.25. The largest absolute Gasteiger partial charge is 0.466 e. The standard InChI is InChI=1S/C18H29NO2.ClH/c1-2-3-4-5-6-10-15-21-18(20)14-13-17(19)16-11-8-7-9-12-16;/h7-9,11-12,17H,2-6,10,13-15,19H2,1H3;1H. The van der Waals surface area contributed by atoms with E-state index in [4.69, 9.17) is 10.5 Å². The molecule has 2 N–H and O–H groups in total. The van der Waals surface area contributed by atoms with Gasteiger partial charge in [0.1, 0.15) is 0 Å². The van der Waals surface area contributed by atoms with Gasteiger partial charge in [-0.2, -0.15) is 0 Å². The molecule has 1 unspecified atom stereocenters. The first-order valence-corrected chi connectivity index (χ1v) is 8.20. The zero-order chi connectivity index (χ0) is 15.3. The fourth-order valence-corrected chi connectivity index (χ4v) is 2.28. The summed E-state index contributed by atoms with van der Waals surface area (Å²) < 4.78 is 5.24. The van der Waals surface area contributed by atoms with Crippen molar-refractivity contribution in [2.45, 2.75) is 64.3 Å². The van der Waals surface area contributed by atoms with Crippen LogP contribution in [0.3, 0.4) is 0 Å². The van der Waals surface area contributed by atoms with Crippen molar-refractivity contribution in [3.05, 3.63) is 35.9 Å². The van der Waals surface area contributed by atoms with E-state index >= 15 is 0 Å². The maximum absolute atomic E-state index is 11.6. The van der Waals surface area contributed by atoms with E-state index in [0.717, 1.165) is 18.4 Å². The molecule has 0 aliphatic rings. The SMILES string of the molecule is CCCCCCCCOC(=O)CCC(N)c1ccccc1.Cl. The van der Waals surface area contributed by atoms with Crippen molar-refractivity contribution >= 4 is 18.4 Å². The van der Waals surface area contributed by atoms with Gasteiger partial charge in [0.05, 0.1) is 6.61 Å². The molecule has 0 aliphatic carbocycles. The number of carbonyl (C=O) groups is 1. The maximum atomic E-state index is 11.6. The number of rotatable bonds is 11. The minimum Gasteiger partial charge on any atom is -0.466 e. The number of hydrogen-bond donors (Lipinski definition) is 1. The van der Waals surface area contributed by atoms with Gasteiger partial charge in [-0.25, -0.2) is 0 Å². The van der Waals surface area contributed by atoms with Crippen LogP contribution in [0, 0.1) is 0 Å². The molecule has 0 radical (unpaired) electrons. The Labute approximate surface area is 141 Å². The van der Waals surface area contributed by atoms with Crippen LogP contribution in [0.15, 0.2) is 30.3 Å². The third-order valence-electron chi connectivity index (χ3n) is 3.65. The van der Waals surface area contributed by atoms with E-state index in [2.05, 4.69) is 6.92 Å². The van der Waals surface area contributed by atoms with E-state index in [-0.39, 0.29) is 24.4 Å². The first-order valence-electron chi connectivity index (χ1n) is 8.20. The Morgan fingerprint density at radius 2 is 1.73 bits per heavy atom. The van der Waals surface area contributed by atoms with Gasteiger partial charge in [-0.15, -0.1) is 12.4 Å². The molecule has 0 spiro atoms. The molecular formula is C18H30ClNO2. The molecule has 0 aliphatic heterocycles. The second-order valence-corrected chi connectivity index (χ2v) is 5.54. The van der Waals surface area contributed by atoms with Crippen LogP contribution in [-0.4, -0.2) is 12.6 Å². The van der Waals surface area contributed by atoms with Crippen LogP contribution in [0.5, 0.6) is 0 Å². The first-order chi connectivity index (χ1) is 10.2. The number of nitrogens with two attached hydrogens (primary N) is 1. The number of carbonyl (C=O) groups excluding carboxylic acids is 1. The summed E-state index contributed by atoms with van der Waals surface area (Å²) in [5.74, 6) is -0.130. The van der Waals surface area contributed by atoms with Crippen molar-refractivity contribution in [3.63, 3.8) is 0 Å². The zero-order valence-corrected chi connectivity index (χ0v) is 14.4. The highest BCUT2D eigenvalue weighted by Crippen LogP contribution is 2.15. The molecular weight excluding hydrogens is 298 g/mol. The van der Waals surface area contributed by atoms with Gasteiger partial charge < -0.3 is 10.5 Å². The van der Waals surface area contributed by atoms with E-state index in [1.165, 1.54) is 25.7 Å². The zero-order valence-electron chi connectivity index (χ0n) is 13.6. The molecule has 0 amide bonds. The van der Waals surface area contributed by atoms with Gasteiger partial charge in [0.2, 0.25) is 0 Å². The van der Waals surface area contributed by atoms with Gasteiger partial charge in [-0.05, 0) is 18.4 Å². The van der Waals surface area contributed by atoms with Crippen LogP contribution < -0.4 is 5.73 Å². The summed E-state index contributed by atoms with van der Waals surface area (Å²) >= 11 is 0. The molecule has 1 aromatic rings. The Balaban J connectivity index is 0.00000441. The molecule has 3 nitrogen and oxygen atoms in total. The Kier molecular flexibility index (Phi) is 12.9. The Morgan fingerprint density at radius 1 is 1.09 bits per heavy atom. The number of esters is 1. The summed E-state index contributed by atoms with van der Waals surface area (Å²) in [7, 11) is 0. The summed E-state index contributed by atoms with van der Waals surface area (Å²) in [6.45, 7) is 2.76. The van der Waals surface area contributed by atoms with E-state index in [1.54, 1.807) is 0 Å². The van der Waals surface area contributed by atoms with Gasteiger partial charge in [0.15, 0.2) is 0 Å². The molecule has 0 bridgehead atoms. The molecule has 0 saturated heterocycles. The smallest absolute Gasteiger partial charge is 0.305 e. The summed E-state index contributed by atoms with van der Waals surface area (Å²) in [4.78, 5) is 11.6. The van der Waals surface area contributed by atoms with E-state index in [9.17, 15) is 4.79 Å². The Bertz CT molecular complexity index is 384. The van der Waals surface area contributed by atoms with Crippen molar-refractivity contribution in [2.75, 3.05) is 6.61 Å². The van der Waals surface area contributed by atoms with Crippen LogP contribution in [0.1, 0.15) is 69.9 Å². The molecule has 0 aromatic heterocycles. The van der Waals surface area contributed by atoms with Gasteiger partial charge in [-0.1, -0.05) is 69.4 Å². The molecule has 126 valence electrons. The monoisotopic (exact) mass is 327 g/mol. The van der Waals surface area contributed by atoms with Crippen LogP contribution >= 0.6 is 12.4 Å². The Hall–Kier alpha value is -1.06. The molecule has 1 rings (SSSR count). The molecule has 0 saturated carbocycles. The van der Waals surface area contributed by atoms with E-state index < -0.39 is 0 Å². The molecule has 1 aromatic carbocycles. The lowest BCUT2D eigenvalue weighted by Gasteiger charge is -2.11. The summed E-state index contributed by atoms with van der Waals surface area (Å²) in [5, 5.41) is 0. The summed E-state index contributed by atoms with van der Waals surface area (Å²) in [6, 6.07) is 9.79. The molecule has 0 fully saturated rings. The van der Waals surface area contributed by atoms with Crippen molar-refractivity contribution in [1.29, 1.82) is 0 Å². The highest BCUT2D eigenvalue weighted by molar-refractivity contribution is 5.85. The van der Waals surface area contributed by atoms with Gasteiger partial charge in [0.25, 0.3) is 0 Å². The van der Waals surface area contributed by atoms with E-state index in [1.807, 2.05) is 30.3 Å². The lowest BCUT2D eigenvalue weighted by molar-refractivity contribution is -0.144. The van der Waals surface area contributed by atoms with Crippen molar-refractivity contribution in [3.8, 4) is 0 Å². The summed E-state index contributed by atoms with van der Waals surface area (Å²) in [5.41, 5.74) is 7.13. The minimum atomic E-state index is -0.130. The van der Waals surface area contributed by atoms with Gasteiger partial charge in [0, 0.05) is 12.5 Å².